The van der Waals surface area contributed by atoms with E-state index < -0.39 is 6.10 Å². The fourth-order valence-electron chi connectivity index (χ4n) is 5.16. The van der Waals surface area contributed by atoms with Crippen molar-refractivity contribution in [3.63, 3.8) is 0 Å². The Balaban J connectivity index is 1.99. The molecular formula is C30H50O5S. The van der Waals surface area contributed by atoms with Gasteiger partial charge >= 0.3 is 5.97 Å². The summed E-state index contributed by atoms with van der Waals surface area (Å²) in [5, 5.41) is 20.1. The molecule has 2 rings (SSSR count). The molecule has 0 amide bonds. The van der Waals surface area contributed by atoms with E-state index in [1.54, 1.807) is 0 Å². The summed E-state index contributed by atoms with van der Waals surface area (Å²) >= 11 is 1.49. The molecule has 2 N–H and O–H groups in total. The number of rotatable bonds is 20. The predicted molar refractivity (Wildman–Crippen MR) is 150 cm³/mol. The van der Waals surface area contributed by atoms with Gasteiger partial charge in [-0.1, -0.05) is 95.8 Å². The number of methoxy groups -OCH3 is 1. The first-order chi connectivity index (χ1) is 17.6. The number of hydrogen-bond donors (Lipinski definition) is 2. The van der Waals surface area contributed by atoms with Crippen molar-refractivity contribution in [2.45, 2.75) is 121 Å². The van der Waals surface area contributed by atoms with Crippen molar-refractivity contribution in [2.75, 3.05) is 26.1 Å². The Morgan fingerprint density at radius 1 is 1.03 bits per heavy atom. The maximum atomic E-state index is 11.6. The summed E-state index contributed by atoms with van der Waals surface area (Å²) in [6, 6.07) is 6.24. The highest BCUT2D eigenvalue weighted by Gasteiger charge is 2.29. The van der Waals surface area contributed by atoms with Gasteiger partial charge in [0, 0.05) is 11.3 Å². The van der Waals surface area contributed by atoms with Crippen LogP contribution in [0.1, 0.15) is 126 Å². The molecule has 0 aromatic heterocycles. The third kappa shape index (κ3) is 11.0. The number of para-hydroxylation sites is 1. The number of thioether (sulfide) groups is 1. The van der Waals surface area contributed by atoms with Crippen LogP contribution in [0.25, 0.3) is 0 Å². The highest BCUT2D eigenvalue weighted by molar-refractivity contribution is 7.99. The Hall–Kier alpha value is -1.24. The molecule has 1 aromatic carbocycles. The van der Waals surface area contributed by atoms with Gasteiger partial charge in [-0.25, -0.2) is 0 Å². The summed E-state index contributed by atoms with van der Waals surface area (Å²) in [5.41, 5.74) is 2.17. The van der Waals surface area contributed by atoms with Gasteiger partial charge in [-0.05, 0) is 30.7 Å². The number of unbranched alkanes of at least 4 members (excludes halogenated alkanes) is 9. The molecule has 0 bridgehead atoms. The van der Waals surface area contributed by atoms with E-state index in [2.05, 4.69) is 13.0 Å². The molecule has 1 aliphatic carbocycles. The minimum atomic E-state index is -0.925. The molecule has 0 spiro atoms. The van der Waals surface area contributed by atoms with Crippen LogP contribution in [-0.4, -0.2) is 48.4 Å². The van der Waals surface area contributed by atoms with Crippen LogP contribution in [0.15, 0.2) is 18.2 Å². The van der Waals surface area contributed by atoms with Crippen molar-refractivity contribution < 1.29 is 24.5 Å². The minimum Gasteiger partial charge on any atom is -0.493 e. The summed E-state index contributed by atoms with van der Waals surface area (Å²) in [7, 11) is 1.39. The summed E-state index contributed by atoms with van der Waals surface area (Å²) in [6.45, 7) is 2.60. The van der Waals surface area contributed by atoms with Gasteiger partial charge in [-0.15, -0.1) is 0 Å². The average molecular weight is 523 g/mol. The maximum absolute atomic E-state index is 11.6. The van der Waals surface area contributed by atoms with Crippen LogP contribution in [0.4, 0.5) is 0 Å². The van der Waals surface area contributed by atoms with Crippen LogP contribution >= 0.6 is 11.8 Å². The zero-order valence-corrected chi connectivity index (χ0v) is 23.5. The molecule has 1 fully saturated rings. The molecule has 6 heteroatoms. The minimum absolute atomic E-state index is 0.267. The lowest BCUT2D eigenvalue weighted by atomic mass is 9.92. The highest BCUT2D eigenvalue weighted by Crippen LogP contribution is 2.45. The van der Waals surface area contributed by atoms with Crippen molar-refractivity contribution in [1.29, 1.82) is 0 Å². The fourth-order valence-corrected chi connectivity index (χ4v) is 6.37. The fraction of sp³-hybridized carbons (Fsp3) is 0.767. The normalized spacial score (nSPS) is 15.7. The van der Waals surface area contributed by atoms with Crippen LogP contribution < -0.4 is 4.74 Å². The van der Waals surface area contributed by atoms with E-state index in [0.29, 0.717) is 18.3 Å². The molecule has 1 aromatic rings. The van der Waals surface area contributed by atoms with E-state index in [4.69, 9.17) is 9.47 Å². The van der Waals surface area contributed by atoms with Gasteiger partial charge in [-0.3, -0.25) is 4.79 Å². The van der Waals surface area contributed by atoms with E-state index in [-0.39, 0.29) is 24.2 Å². The number of benzene rings is 1. The van der Waals surface area contributed by atoms with Gasteiger partial charge in [0.1, 0.15) is 5.75 Å². The topological polar surface area (TPSA) is 76.0 Å². The molecule has 1 aliphatic rings. The Kier molecular flexibility index (Phi) is 16.3. The number of esters is 1. The monoisotopic (exact) mass is 522 g/mol. The number of ether oxygens (including phenoxy) is 2. The second-order valence-corrected chi connectivity index (χ2v) is 11.4. The Bertz CT molecular complexity index is 719. The standard InChI is InChI=1S/C30H50O5S/c1-3-4-5-6-7-8-9-10-11-14-21-35-29-25(24-16-12-13-17-24)18-15-19-26(29)30(27(32)23-31)36-22-20-28(33)34-2/h15,18-19,24,27,30-32H,3-14,16-17,20-23H2,1-2H3. The molecule has 2 unspecified atom stereocenters. The SMILES string of the molecule is CCCCCCCCCCCCOc1c(C2CCCC2)cccc1C(SCCC(=O)OC)C(O)CO. The first-order valence-corrected chi connectivity index (χ1v) is 15.4. The summed E-state index contributed by atoms with van der Waals surface area (Å²) in [5.74, 6) is 1.62. The van der Waals surface area contributed by atoms with Crippen LogP contribution in [0.2, 0.25) is 0 Å². The quantitative estimate of drug-likeness (QED) is 0.138. The van der Waals surface area contributed by atoms with Crippen LogP contribution in [0, 0.1) is 0 Å². The largest absolute Gasteiger partial charge is 0.493 e. The average Bonchev–Trinajstić information content (AvgIpc) is 3.44. The maximum Gasteiger partial charge on any atom is 0.306 e. The van der Waals surface area contributed by atoms with E-state index >= 15 is 0 Å². The second-order valence-electron chi connectivity index (χ2n) is 10.1. The highest BCUT2D eigenvalue weighted by atomic mass is 32.2. The molecule has 0 aliphatic heterocycles. The van der Waals surface area contributed by atoms with Gasteiger partial charge in [0.2, 0.25) is 0 Å². The van der Waals surface area contributed by atoms with Crippen molar-refractivity contribution in [1.82, 2.24) is 0 Å². The van der Waals surface area contributed by atoms with Crippen LogP contribution in [0.5, 0.6) is 5.75 Å². The molecule has 206 valence electrons. The summed E-state index contributed by atoms with van der Waals surface area (Å²) in [4.78, 5) is 11.6. The van der Waals surface area contributed by atoms with Crippen molar-refractivity contribution in [3.8, 4) is 5.75 Å². The molecule has 36 heavy (non-hydrogen) atoms. The number of aliphatic hydroxyl groups is 2. The van der Waals surface area contributed by atoms with Crippen molar-refractivity contribution in [3.05, 3.63) is 29.3 Å². The van der Waals surface area contributed by atoms with Gasteiger partial charge < -0.3 is 19.7 Å². The first kappa shape index (κ1) is 31.0. The Morgan fingerprint density at radius 3 is 2.28 bits per heavy atom. The lowest BCUT2D eigenvalue weighted by Crippen LogP contribution is -2.22. The molecule has 0 radical (unpaired) electrons. The molecule has 0 heterocycles. The third-order valence-corrected chi connectivity index (χ3v) is 8.66. The zero-order chi connectivity index (χ0) is 26.0. The van der Waals surface area contributed by atoms with Gasteiger partial charge in [0.15, 0.2) is 0 Å². The number of carbonyl (C=O) groups excluding carboxylic acids is 1. The van der Waals surface area contributed by atoms with Gasteiger partial charge in [0.05, 0.1) is 38.1 Å². The summed E-state index contributed by atoms with van der Waals surface area (Å²) < 4.78 is 11.2. The summed E-state index contributed by atoms with van der Waals surface area (Å²) in [6.07, 6.45) is 17.0. The van der Waals surface area contributed by atoms with Crippen molar-refractivity contribution in [2.24, 2.45) is 0 Å². The van der Waals surface area contributed by atoms with Gasteiger partial charge in [0.25, 0.3) is 0 Å². The molecule has 2 atom stereocenters. The molecule has 5 nitrogen and oxygen atoms in total. The number of aliphatic hydroxyl groups excluding tert-OH is 2. The smallest absolute Gasteiger partial charge is 0.306 e. The van der Waals surface area contributed by atoms with Crippen LogP contribution in [-0.2, 0) is 9.53 Å². The van der Waals surface area contributed by atoms with E-state index in [1.165, 1.54) is 108 Å². The van der Waals surface area contributed by atoms with E-state index in [9.17, 15) is 15.0 Å². The lowest BCUT2D eigenvalue weighted by Gasteiger charge is -2.27. The second kappa shape index (κ2) is 18.9. The Labute approximate surface area is 223 Å². The van der Waals surface area contributed by atoms with Gasteiger partial charge in [-0.2, -0.15) is 11.8 Å². The van der Waals surface area contributed by atoms with E-state index in [0.717, 1.165) is 17.7 Å². The number of carbonyl (C=O) groups is 1. The predicted octanol–water partition coefficient (Wildman–Crippen LogP) is 7.33. The third-order valence-electron chi connectivity index (χ3n) is 7.29. The van der Waals surface area contributed by atoms with Crippen LogP contribution in [0.3, 0.4) is 0 Å². The molecule has 1 saturated carbocycles. The van der Waals surface area contributed by atoms with E-state index in [1.807, 2.05) is 12.1 Å². The molecular weight excluding hydrogens is 472 g/mol. The number of hydrogen-bond acceptors (Lipinski definition) is 6. The Morgan fingerprint density at radius 2 is 1.67 bits per heavy atom. The van der Waals surface area contributed by atoms with Crippen molar-refractivity contribution >= 4 is 17.7 Å². The molecule has 0 saturated heterocycles. The lowest BCUT2D eigenvalue weighted by molar-refractivity contribution is -0.140. The first-order valence-electron chi connectivity index (χ1n) is 14.3. The zero-order valence-electron chi connectivity index (χ0n) is 22.7.